The van der Waals surface area contributed by atoms with Crippen molar-refractivity contribution in [3.63, 3.8) is 0 Å². The molecule has 0 saturated carbocycles. The summed E-state index contributed by atoms with van der Waals surface area (Å²) in [4.78, 5) is 8.98. The lowest BCUT2D eigenvalue weighted by Gasteiger charge is -2.11. The maximum absolute atomic E-state index is 10.6. The fourth-order valence-corrected chi connectivity index (χ4v) is 1.13. The largest absolute Gasteiger partial charge is 0.853 e. The van der Waals surface area contributed by atoms with Crippen LogP contribution in [-0.4, -0.2) is 19.2 Å². The normalized spacial score (nSPS) is 20.3. The Kier molecular flexibility index (Phi) is 1.72. The van der Waals surface area contributed by atoms with Crippen LogP contribution in [0.25, 0.3) is 0 Å². The van der Waals surface area contributed by atoms with E-state index >= 15 is 0 Å². The summed E-state index contributed by atoms with van der Waals surface area (Å²) in [6, 6.07) is 0. The van der Waals surface area contributed by atoms with E-state index in [1.807, 2.05) is 0 Å². The minimum absolute atomic E-state index is 0.491. The second-order valence-corrected chi connectivity index (χ2v) is 3.14. The molecule has 1 N–H and O–H groups in total. The van der Waals surface area contributed by atoms with E-state index in [2.05, 4.69) is 4.40 Å². The quantitative estimate of drug-likeness (QED) is 0.369. The van der Waals surface area contributed by atoms with Gasteiger partial charge in [-0.05, 0) is 0 Å². The van der Waals surface area contributed by atoms with Crippen LogP contribution < -0.4 is 9.83 Å². The Morgan fingerprint density at radius 3 is 2.58 bits per heavy atom. The Bertz CT molecular complexity index is 379. The maximum atomic E-state index is 10.6. The molecule has 9 heteroatoms. The summed E-state index contributed by atoms with van der Waals surface area (Å²) < 4.78 is 25.1. The SMILES string of the molecule is O=[N+]([O-])C1=CNS(=O)(=O)N=C1[O-]. The third-order valence-electron chi connectivity index (χ3n) is 0.963. The molecular weight excluding hydrogens is 190 g/mol. The number of rotatable bonds is 1. The molecule has 0 unspecified atom stereocenters. The molecule has 1 aliphatic heterocycles. The van der Waals surface area contributed by atoms with Gasteiger partial charge in [-0.25, -0.2) is 0 Å². The van der Waals surface area contributed by atoms with Gasteiger partial charge in [0, 0.05) is 0 Å². The van der Waals surface area contributed by atoms with Crippen LogP contribution in [0, 0.1) is 10.1 Å². The third kappa shape index (κ3) is 1.50. The van der Waals surface area contributed by atoms with E-state index < -0.39 is 26.7 Å². The molecular formula is C3H2N3O5S-. The van der Waals surface area contributed by atoms with Gasteiger partial charge in [-0.1, -0.05) is 0 Å². The molecule has 0 aromatic heterocycles. The van der Waals surface area contributed by atoms with Crippen LogP contribution in [0.4, 0.5) is 0 Å². The summed E-state index contributed by atoms with van der Waals surface area (Å²) in [7, 11) is -4.05. The monoisotopic (exact) mass is 192 g/mol. The van der Waals surface area contributed by atoms with E-state index in [0.29, 0.717) is 6.20 Å². The summed E-state index contributed by atoms with van der Waals surface area (Å²) in [5, 5.41) is 20.6. The van der Waals surface area contributed by atoms with Crippen molar-refractivity contribution in [3.8, 4) is 0 Å². The Labute approximate surface area is 66.6 Å². The van der Waals surface area contributed by atoms with Gasteiger partial charge in [0.1, 0.15) is 0 Å². The molecule has 0 atom stereocenters. The molecule has 0 saturated heterocycles. The van der Waals surface area contributed by atoms with Gasteiger partial charge in [0.05, 0.1) is 17.0 Å². The van der Waals surface area contributed by atoms with E-state index in [1.165, 1.54) is 0 Å². The smallest absolute Gasteiger partial charge is 0.341 e. The topological polar surface area (TPSA) is 125 Å². The van der Waals surface area contributed by atoms with Gasteiger partial charge in [-0.3, -0.25) is 14.8 Å². The van der Waals surface area contributed by atoms with E-state index in [4.69, 9.17) is 0 Å². The summed E-state index contributed by atoms with van der Waals surface area (Å²) >= 11 is 0. The lowest BCUT2D eigenvalue weighted by Crippen LogP contribution is -2.34. The summed E-state index contributed by atoms with van der Waals surface area (Å²) in [5.74, 6) is -1.38. The fraction of sp³-hybridized carbons (Fsp3) is 0. The fourth-order valence-electron chi connectivity index (χ4n) is 0.505. The van der Waals surface area contributed by atoms with Crippen molar-refractivity contribution in [1.29, 1.82) is 0 Å². The number of hydrogen-bond donors (Lipinski definition) is 1. The Hall–Kier alpha value is -1.64. The highest BCUT2D eigenvalue weighted by Gasteiger charge is 2.20. The molecule has 0 bridgehead atoms. The molecule has 1 rings (SSSR count). The van der Waals surface area contributed by atoms with Crippen LogP contribution in [0.15, 0.2) is 16.3 Å². The maximum Gasteiger partial charge on any atom is 0.341 e. The first-order valence-corrected chi connectivity index (χ1v) is 4.00. The molecule has 1 aliphatic rings. The highest BCUT2D eigenvalue weighted by atomic mass is 32.2. The molecule has 12 heavy (non-hydrogen) atoms. The van der Waals surface area contributed by atoms with Gasteiger partial charge in [0.25, 0.3) is 5.70 Å². The lowest BCUT2D eigenvalue weighted by atomic mass is 10.5. The van der Waals surface area contributed by atoms with Gasteiger partial charge >= 0.3 is 10.2 Å². The second kappa shape index (κ2) is 2.44. The first-order valence-electron chi connectivity index (χ1n) is 2.56. The molecule has 0 fully saturated rings. The van der Waals surface area contributed by atoms with Crippen molar-refractivity contribution >= 4 is 16.1 Å². The van der Waals surface area contributed by atoms with Crippen LogP contribution in [-0.2, 0) is 10.2 Å². The molecule has 1 heterocycles. The lowest BCUT2D eigenvalue weighted by molar-refractivity contribution is -0.425. The highest BCUT2D eigenvalue weighted by Crippen LogP contribution is 2.02. The minimum Gasteiger partial charge on any atom is -0.853 e. The van der Waals surface area contributed by atoms with Crippen molar-refractivity contribution < 1.29 is 18.4 Å². The van der Waals surface area contributed by atoms with Crippen LogP contribution in [0.5, 0.6) is 0 Å². The van der Waals surface area contributed by atoms with Crippen LogP contribution in [0.1, 0.15) is 0 Å². The van der Waals surface area contributed by atoms with E-state index in [1.54, 1.807) is 4.72 Å². The zero-order valence-corrected chi connectivity index (χ0v) is 6.24. The molecule has 0 aliphatic carbocycles. The van der Waals surface area contributed by atoms with Crippen molar-refractivity contribution in [1.82, 2.24) is 4.72 Å². The number of nitro groups is 1. The number of nitrogens with zero attached hydrogens (tertiary/aromatic N) is 2. The van der Waals surface area contributed by atoms with Crippen molar-refractivity contribution in [2.24, 2.45) is 4.40 Å². The molecule has 0 aromatic carbocycles. The summed E-state index contributed by atoms with van der Waals surface area (Å²) in [6.45, 7) is 0. The molecule has 0 spiro atoms. The molecule has 0 amide bonds. The van der Waals surface area contributed by atoms with Crippen molar-refractivity contribution in [3.05, 3.63) is 22.0 Å². The van der Waals surface area contributed by atoms with Crippen LogP contribution in [0.3, 0.4) is 0 Å². The van der Waals surface area contributed by atoms with Gasteiger partial charge in [-0.2, -0.15) is 12.8 Å². The van der Waals surface area contributed by atoms with Crippen LogP contribution >= 0.6 is 0 Å². The van der Waals surface area contributed by atoms with Gasteiger partial charge in [0.15, 0.2) is 0 Å². The average Bonchev–Trinajstić information content (AvgIpc) is 1.83. The van der Waals surface area contributed by atoms with Crippen molar-refractivity contribution in [2.45, 2.75) is 0 Å². The number of hydrogen-bond acceptors (Lipinski definition) is 5. The van der Waals surface area contributed by atoms with Gasteiger partial charge < -0.3 is 5.11 Å². The predicted octanol–water partition coefficient (Wildman–Crippen LogP) is -2.29. The standard InChI is InChI=1S/C3H3N3O5S/c7-3-2(6(8)9)1-4-12(10,11)5-3/h1,4H,(H,5,7)/p-1. The average molecular weight is 192 g/mol. The zero-order valence-electron chi connectivity index (χ0n) is 5.42. The van der Waals surface area contributed by atoms with Crippen molar-refractivity contribution in [2.75, 3.05) is 0 Å². The minimum atomic E-state index is -4.05. The Morgan fingerprint density at radius 1 is 1.58 bits per heavy atom. The van der Waals surface area contributed by atoms with E-state index in [0.717, 1.165) is 0 Å². The Morgan fingerprint density at radius 2 is 2.17 bits per heavy atom. The highest BCUT2D eigenvalue weighted by molar-refractivity contribution is 7.88. The van der Waals surface area contributed by atoms with Gasteiger partial charge in [-0.15, -0.1) is 0 Å². The summed E-state index contributed by atoms with van der Waals surface area (Å²) in [5.41, 5.74) is -0.898. The molecule has 0 aromatic rings. The first kappa shape index (κ1) is 8.46. The predicted molar refractivity (Wildman–Crippen MR) is 34.6 cm³/mol. The molecule has 8 nitrogen and oxygen atoms in total. The van der Waals surface area contributed by atoms with E-state index in [-0.39, 0.29) is 0 Å². The number of nitrogens with one attached hydrogen (secondary N) is 1. The van der Waals surface area contributed by atoms with E-state index in [9.17, 15) is 23.6 Å². The first-order chi connectivity index (χ1) is 5.42. The summed E-state index contributed by atoms with van der Waals surface area (Å²) in [6.07, 6.45) is 0.491. The zero-order chi connectivity index (χ0) is 9.35. The Balaban J connectivity index is 3.11. The van der Waals surface area contributed by atoms with Gasteiger partial charge in [0.2, 0.25) is 0 Å². The third-order valence-corrected chi connectivity index (χ3v) is 1.79. The van der Waals surface area contributed by atoms with Crippen LogP contribution in [0.2, 0.25) is 0 Å². The molecule has 66 valence electrons. The molecule has 0 radical (unpaired) electrons. The second-order valence-electron chi connectivity index (χ2n) is 1.78.